The van der Waals surface area contributed by atoms with Gasteiger partial charge in [0.25, 0.3) is 0 Å². The van der Waals surface area contributed by atoms with Gasteiger partial charge in [-0.2, -0.15) is 0 Å². The maximum atomic E-state index is 11.7. The van der Waals surface area contributed by atoms with Crippen molar-refractivity contribution < 1.29 is 9.90 Å². The van der Waals surface area contributed by atoms with E-state index in [2.05, 4.69) is 35.6 Å². The number of nitrogens with one attached hydrogen (secondary N) is 1. The Bertz CT molecular complexity index is 1190. The van der Waals surface area contributed by atoms with Crippen LogP contribution in [-0.2, 0) is 4.79 Å². The number of carboxylic acids is 1. The summed E-state index contributed by atoms with van der Waals surface area (Å²) in [5.74, 6) is 1.07. The smallest absolute Gasteiger partial charge is 0.311 e. The number of benzene rings is 1. The lowest BCUT2D eigenvalue weighted by Gasteiger charge is -2.38. The molecule has 34 heavy (non-hydrogen) atoms. The molecule has 0 radical (unpaired) electrons. The molecule has 2 aromatic heterocycles. The molecule has 0 saturated carbocycles. The van der Waals surface area contributed by atoms with Crippen molar-refractivity contribution in [3.63, 3.8) is 0 Å². The highest BCUT2D eigenvalue weighted by Gasteiger charge is 2.38. The van der Waals surface area contributed by atoms with Gasteiger partial charge in [0.15, 0.2) is 0 Å². The van der Waals surface area contributed by atoms with Crippen molar-refractivity contribution >= 4 is 41.2 Å². The first kappa shape index (κ1) is 24.4. The lowest BCUT2D eigenvalue weighted by atomic mass is 9.82. The van der Waals surface area contributed by atoms with Gasteiger partial charge in [0.2, 0.25) is 0 Å². The first-order valence-corrected chi connectivity index (χ1v) is 12.6. The number of piperidine rings is 1. The van der Waals surface area contributed by atoms with Gasteiger partial charge in [0.1, 0.15) is 16.7 Å². The number of aliphatic carboxylic acids is 1. The number of anilines is 2. The number of rotatable bonds is 7. The molecule has 1 atom stereocenters. The summed E-state index contributed by atoms with van der Waals surface area (Å²) in [6, 6.07) is 17.7. The van der Waals surface area contributed by atoms with E-state index in [-0.39, 0.29) is 0 Å². The van der Waals surface area contributed by atoms with Crippen molar-refractivity contribution in [3.8, 4) is 11.3 Å². The summed E-state index contributed by atoms with van der Waals surface area (Å²) < 4.78 is 3.28. The average Bonchev–Trinajstić information content (AvgIpc) is 2.83. The van der Waals surface area contributed by atoms with E-state index in [1.165, 1.54) is 17.5 Å². The first-order chi connectivity index (χ1) is 16.3. The fraction of sp³-hybridized carbons (Fsp3) is 0.346. The van der Waals surface area contributed by atoms with Crippen molar-refractivity contribution in [2.24, 2.45) is 5.41 Å². The summed E-state index contributed by atoms with van der Waals surface area (Å²) in [5.41, 5.74) is 2.23. The van der Waals surface area contributed by atoms with Crippen molar-refractivity contribution in [1.82, 2.24) is 9.97 Å². The Kier molecular flexibility index (Phi) is 7.33. The summed E-state index contributed by atoms with van der Waals surface area (Å²) in [7, 11) is 0. The molecule has 0 aliphatic carbocycles. The number of carbonyl (C=O) groups is 1. The van der Waals surface area contributed by atoms with Gasteiger partial charge in [-0.25, -0.2) is 9.97 Å². The highest BCUT2D eigenvalue weighted by molar-refractivity contribution is 8.00. The van der Waals surface area contributed by atoms with E-state index in [1.807, 2.05) is 49.4 Å². The van der Waals surface area contributed by atoms with Crippen molar-refractivity contribution in [2.75, 3.05) is 22.7 Å². The molecule has 1 fully saturated rings. The topological polar surface area (TPSA) is 78.4 Å². The predicted molar refractivity (Wildman–Crippen MR) is 140 cm³/mol. The Balaban J connectivity index is 1.51. The quantitative estimate of drug-likeness (QED) is 0.351. The van der Waals surface area contributed by atoms with Gasteiger partial charge in [-0.05, 0) is 55.5 Å². The largest absolute Gasteiger partial charge is 0.481 e. The molecule has 1 saturated heterocycles. The van der Waals surface area contributed by atoms with Gasteiger partial charge < -0.3 is 14.7 Å². The summed E-state index contributed by atoms with van der Waals surface area (Å²) in [6.07, 6.45) is 1.51. The average molecular weight is 497 g/mol. The van der Waals surface area contributed by atoms with Crippen LogP contribution >= 0.6 is 23.5 Å². The third kappa shape index (κ3) is 5.31. The van der Waals surface area contributed by atoms with E-state index in [4.69, 9.17) is 21.6 Å². The second-order valence-corrected chi connectivity index (χ2v) is 10.4. The van der Waals surface area contributed by atoms with Crippen molar-refractivity contribution in [3.05, 3.63) is 65.2 Å². The summed E-state index contributed by atoms with van der Waals surface area (Å²) in [5, 5.41) is 11.0. The SMILES string of the molecule is CC(C)c1ccccc1-c1nc(NSc2cccc(N3CCCC(C)(C(=O)O)C3)n2)ccc1Cl. The highest BCUT2D eigenvalue weighted by Crippen LogP contribution is 2.35. The Morgan fingerprint density at radius 3 is 2.71 bits per heavy atom. The van der Waals surface area contributed by atoms with Crippen LogP contribution in [0.3, 0.4) is 0 Å². The first-order valence-electron chi connectivity index (χ1n) is 11.4. The number of hydrogen-bond acceptors (Lipinski definition) is 6. The number of halogens is 1. The summed E-state index contributed by atoms with van der Waals surface area (Å²) >= 11 is 7.89. The molecule has 0 amide bonds. The second-order valence-electron chi connectivity index (χ2n) is 9.20. The Morgan fingerprint density at radius 2 is 1.94 bits per heavy atom. The van der Waals surface area contributed by atoms with Gasteiger partial charge >= 0.3 is 5.97 Å². The van der Waals surface area contributed by atoms with Crippen LogP contribution < -0.4 is 9.62 Å². The number of pyridine rings is 2. The lowest BCUT2D eigenvalue weighted by molar-refractivity contribution is -0.148. The molecule has 3 heterocycles. The fourth-order valence-electron chi connectivity index (χ4n) is 4.26. The number of carboxylic acid groups (broad SMARTS) is 1. The van der Waals surface area contributed by atoms with Crippen LogP contribution in [0.25, 0.3) is 11.3 Å². The molecule has 1 aliphatic heterocycles. The molecule has 6 nitrogen and oxygen atoms in total. The highest BCUT2D eigenvalue weighted by atomic mass is 35.5. The lowest BCUT2D eigenvalue weighted by Crippen LogP contribution is -2.46. The molecule has 3 aromatic rings. The molecule has 4 rings (SSSR count). The van der Waals surface area contributed by atoms with E-state index in [0.717, 1.165) is 35.1 Å². The minimum atomic E-state index is -0.756. The molecule has 8 heteroatoms. The Labute approximate surface area is 209 Å². The number of aromatic nitrogens is 2. The molecular formula is C26H29ClN4O2S. The van der Waals surface area contributed by atoms with Crippen LogP contribution in [0.1, 0.15) is 45.1 Å². The Morgan fingerprint density at radius 1 is 1.15 bits per heavy atom. The predicted octanol–water partition coefficient (Wildman–Crippen LogP) is 6.73. The molecule has 0 bridgehead atoms. The molecule has 1 aromatic carbocycles. The van der Waals surface area contributed by atoms with Crippen LogP contribution in [0.4, 0.5) is 11.6 Å². The van der Waals surface area contributed by atoms with Gasteiger partial charge in [0.05, 0.1) is 16.1 Å². The van der Waals surface area contributed by atoms with Crippen LogP contribution in [0.15, 0.2) is 59.6 Å². The Hall–Kier alpha value is -2.77. The third-order valence-electron chi connectivity index (χ3n) is 6.19. The maximum absolute atomic E-state index is 11.7. The normalized spacial score (nSPS) is 18.2. The van der Waals surface area contributed by atoms with E-state index in [0.29, 0.717) is 29.7 Å². The zero-order valence-electron chi connectivity index (χ0n) is 19.6. The zero-order valence-corrected chi connectivity index (χ0v) is 21.2. The monoisotopic (exact) mass is 496 g/mol. The minimum absolute atomic E-state index is 0.352. The van der Waals surface area contributed by atoms with Crippen LogP contribution in [-0.4, -0.2) is 34.1 Å². The van der Waals surface area contributed by atoms with Crippen LogP contribution in [0.2, 0.25) is 5.02 Å². The minimum Gasteiger partial charge on any atom is -0.481 e. The molecule has 178 valence electrons. The van der Waals surface area contributed by atoms with Gasteiger partial charge in [0, 0.05) is 30.6 Å². The molecule has 2 N–H and O–H groups in total. The maximum Gasteiger partial charge on any atom is 0.311 e. The molecular weight excluding hydrogens is 468 g/mol. The standard InChI is InChI=1S/C26H29ClN4O2S/c1-17(2)18-8-4-5-9-19(18)24-20(27)12-13-21(28-24)30-34-23-11-6-10-22(29-23)31-15-7-14-26(3,16-31)25(32)33/h4-6,8-13,17H,7,14-16H2,1-3H3,(H,28,30)(H,32,33). The number of nitrogens with zero attached hydrogens (tertiary/aromatic N) is 3. The third-order valence-corrected chi connectivity index (χ3v) is 7.24. The van der Waals surface area contributed by atoms with E-state index in [9.17, 15) is 9.90 Å². The van der Waals surface area contributed by atoms with E-state index in [1.54, 1.807) is 0 Å². The van der Waals surface area contributed by atoms with Crippen LogP contribution in [0.5, 0.6) is 0 Å². The van der Waals surface area contributed by atoms with Crippen LogP contribution in [0, 0.1) is 5.41 Å². The fourth-order valence-corrected chi connectivity index (χ4v) is 5.07. The zero-order chi connectivity index (χ0) is 24.3. The summed E-state index contributed by atoms with van der Waals surface area (Å²) in [6.45, 7) is 7.38. The molecule has 0 spiro atoms. The van der Waals surface area contributed by atoms with E-state index >= 15 is 0 Å². The number of hydrogen-bond donors (Lipinski definition) is 2. The summed E-state index contributed by atoms with van der Waals surface area (Å²) in [4.78, 5) is 23.3. The molecule has 1 unspecified atom stereocenters. The van der Waals surface area contributed by atoms with Gasteiger partial charge in [-0.15, -0.1) is 0 Å². The van der Waals surface area contributed by atoms with Gasteiger partial charge in [-0.3, -0.25) is 4.79 Å². The van der Waals surface area contributed by atoms with Gasteiger partial charge in [-0.1, -0.05) is 55.8 Å². The second kappa shape index (κ2) is 10.2. The van der Waals surface area contributed by atoms with Crippen molar-refractivity contribution in [1.29, 1.82) is 0 Å². The van der Waals surface area contributed by atoms with E-state index < -0.39 is 11.4 Å². The van der Waals surface area contributed by atoms with Crippen molar-refractivity contribution in [2.45, 2.75) is 44.6 Å². The molecule has 1 aliphatic rings.